The first kappa shape index (κ1) is 15.2. The Hall–Kier alpha value is -1.24. The van der Waals surface area contributed by atoms with E-state index in [-0.39, 0.29) is 0 Å². The van der Waals surface area contributed by atoms with Gasteiger partial charge in [-0.15, -0.1) is 22.7 Å². The van der Waals surface area contributed by atoms with Gasteiger partial charge in [0.2, 0.25) is 0 Å². The van der Waals surface area contributed by atoms with Gasteiger partial charge in [0, 0.05) is 23.3 Å². The number of aromatic carboxylic acids is 1. The van der Waals surface area contributed by atoms with E-state index in [0.717, 1.165) is 40.7 Å². The first-order chi connectivity index (χ1) is 9.49. The van der Waals surface area contributed by atoms with Gasteiger partial charge in [-0.2, -0.15) is 0 Å². The average Bonchev–Trinajstić information content (AvgIpc) is 2.97. The summed E-state index contributed by atoms with van der Waals surface area (Å²) in [5.74, 6) is -0.848. The quantitative estimate of drug-likeness (QED) is 0.888. The van der Waals surface area contributed by atoms with Crippen molar-refractivity contribution < 1.29 is 9.90 Å². The Morgan fingerprint density at radius 3 is 2.75 bits per heavy atom. The highest BCUT2D eigenvalue weighted by atomic mass is 32.1. The van der Waals surface area contributed by atoms with Crippen molar-refractivity contribution in [1.29, 1.82) is 0 Å². The first-order valence-electron chi connectivity index (χ1n) is 6.44. The molecule has 20 heavy (non-hydrogen) atoms. The van der Waals surface area contributed by atoms with Crippen LogP contribution in [0.25, 0.3) is 0 Å². The molecule has 108 valence electrons. The minimum Gasteiger partial charge on any atom is -0.477 e. The highest BCUT2D eigenvalue weighted by Crippen LogP contribution is 2.23. The van der Waals surface area contributed by atoms with E-state index in [0.29, 0.717) is 4.88 Å². The van der Waals surface area contributed by atoms with Crippen molar-refractivity contribution in [2.24, 2.45) is 0 Å². The van der Waals surface area contributed by atoms with Gasteiger partial charge in [-0.1, -0.05) is 6.92 Å². The molecule has 0 aliphatic heterocycles. The molecule has 2 aromatic heterocycles. The standard InChI is InChI=1S/C14H18N2O2S2/c1-4-13-15-11(8-19-13)7-16(3)6-10-5-12(14(17)18)20-9(10)2/h5,8H,4,6-7H2,1-3H3,(H,17,18). The zero-order chi connectivity index (χ0) is 14.7. The van der Waals surface area contributed by atoms with Gasteiger partial charge in [-0.05, 0) is 32.0 Å². The van der Waals surface area contributed by atoms with Gasteiger partial charge in [0.25, 0.3) is 0 Å². The van der Waals surface area contributed by atoms with Crippen molar-refractivity contribution in [3.8, 4) is 0 Å². The fourth-order valence-electron chi connectivity index (χ4n) is 1.99. The number of nitrogens with zero attached hydrogens (tertiary/aromatic N) is 2. The number of hydrogen-bond donors (Lipinski definition) is 1. The van der Waals surface area contributed by atoms with Crippen LogP contribution in [0.4, 0.5) is 0 Å². The predicted molar refractivity (Wildman–Crippen MR) is 82.7 cm³/mol. The molecule has 0 atom stereocenters. The SMILES string of the molecule is CCc1nc(CN(C)Cc2cc(C(=O)O)sc2C)cs1. The van der Waals surface area contributed by atoms with E-state index in [1.165, 1.54) is 11.3 Å². The minimum absolute atomic E-state index is 0.410. The van der Waals surface area contributed by atoms with Crippen molar-refractivity contribution >= 4 is 28.6 Å². The number of hydrogen-bond acceptors (Lipinski definition) is 5. The highest BCUT2D eigenvalue weighted by molar-refractivity contribution is 7.14. The van der Waals surface area contributed by atoms with Crippen molar-refractivity contribution in [1.82, 2.24) is 9.88 Å². The smallest absolute Gasteiger partial charge is 0.345 e. The lowest BCUT2D eigenvalue weighted by atomic mass is 10.2. The van der Waals surface area contributed by atoms with E-state index < -0.39 is 5.97 Å². The van der Waals surface area contributed by atoms with Gasteiger partial charge in [-0.3, -0.25) is 4.90 Å². The van der Waals surface area contributed by atoms with Crippen LogP contribution in [0.15, 0.2) is 11.4 Å². The third-order valence-corrected chi connectivity index (χ3v) is 5.13. The molecule has 0 radical (unpaired) electrons. The summed E-state index contributed by atoms with van der Waals surface area (Å²) in [6.07, 6.45) is 0.972. The molecule has 2 heterocycles. The Morgan fingerprint density at radius 1 is 1.45 bits per heavy atom. The number of thiazole rings is 1. The molecule has 0 saturated carbocycles. The van der Waals surface area contributed by atoms with Gasteiger partial charge in [0.05, 0.1) is 10.7 Å². The van der Waals surface area contributed by atoms with Crippen LogP contribution in [0.2, 0.25) is 0 Å². The van der Waals surface area contributed by atoms with Gasteiger partial charge < -0.3 is 5.11 Å². The van der Waals surface area contributed by atoms with Crippen molar-refractivity contribution in [2.75, 3.05) is 7.05 Å². The lowest BCUT2D eigenvalue weighted by molar-refractivity contribution is 0.0702. The normalized spacial score (nSPS) is 11.2. The summed E-state index contributed by atoms with van der Waals surface area (Å²) in [6, 6.07) is 1.78. The van der Waals surface area contributed by atoms with Crippen molar-refractivity contribution in [3.63, 3.8) is 0 Å². The molecule has 0 saturated heterocycles. The number of carboxylic acid groups (broad SMARTS) is 1. The minimum atomic E-state index is -0.848. The van der Waals surface area contributed by atoms with Crippen molar-refractivity contribution in [3.05, 3.63) is 37.5 Å². The molecule has 0 fully saturated rings. The summed E-state index contributed by atoms with van der Waals surface area (Å²) in [6.45, 7) is 5.61. The number of carbonyl (C=O) groups is 1. The number of carboxylic acids is 1. The second-order valence-corrected chi connectivity index (χ2v) is 6.95. The molecule has 0 aliphatic rings. The molecule has 2 rings (SSSR count). The number of rotatable bonds is 6. The van der Waals surface area contributed by atoms with Crippen LogP contribution in [0.5, 0.6) is 0 Å². The maximum absolute atomic E-state index is 11.0. The molecular formula is C14H18N2O2S2. The van der Waals surface area contributed by atoms with E-state index in [4.69, 9.17) is 5.11 Å². The van der Waals surface area contributed by atoms with E-state index in [1.54, 1.807) is 17.4 Å². The second kappa shape index (κ2) is 6.47. The molecular weight excluding hydrogens is 292 g/mol. The molecule has 1 N–H and O–H groups in total. The lowest BCUT2D eigenvalue weighted by Gasteiger charge is -2.14. The Labute approximate surface area is 126 Å². The topological polar surface area (TPSA) is 53.4 Å². The zero-order valence-electron chi connectivity index (χ0n) is 11.8. The summed E-state index contributed by atoms with van der Waals surface area (Å²) in [5, 5.41) is 12.3. The monoisotopic (exact) mass is 310 g/mol. The first-order valence-corrected chi connectivity index (χ1v) is 8.13. The third kappa shape index (κ3) is 3.65. The lowest BCUT2D eigenvalue weighted by Crippen LogP contribution is -2.17. The molecule has 2 aromatic rings. The van der Waals surface area contributed by atoms with Gasteiger partial charge in [0.1, 0.15) is 4.88 Å². The molecule has 0 spiro atoms. The molecule has 0 aromatic carbocycles. The maximum Gasteiger partial charge on any atom is 0.345 e. The molecule has 0 unspecified atom stereocenters. The van der Waals surface area contributed by atoms with Gasteiger partial charge in [0.15, 0.2) is 0 Å². The summed E-state index contributed by atoms with van der Waals surface area (Å²) in [5.41, 5.74) is 2.17. The van der Waals surface area contributed by atoms with Gasteiger partial charge >= 0.3 is 5.97 Å². The summed E-state index contributed by atoms with van der Waals surface area (Å²) >= 11 is 3.03. The molecule has 0 aliphatic carbocycles. The van der Waals surface area contributed by atoms with Gasteiger partial charge in [-0.25, -0.2) is 9.78 Å². The van der Waals surface area contributed by atoms with Crippen LogP contribution in [0.3, 0.4) is 0 Å². The van der Waals surface area contributed by atoms with Crippen LogP contribution < -0.4 is 0 Å². The summed E-state index contributed by atoms with van der Waals surface area (Å²) in [4.78, 5) is 19.2. The zero-order valence-corrected chi connectivity index (χ0v) is 13.5. The summed E-state index contributed by atoms with van der Waals surface area (Å²) < 4.78 is 0. The Bertz CT molecular complexity index is 604. The van der Waals surface area contributed by atoms with E-state index in [9.17, 15) is 4.79 Å². The molecule has 4 nitrogen and oxygen atoms in total. The van der Waals surface area contributed by atoms with Crippen LogP contribution in [0.1, 0.15) is 37.7 Å². The Kier molecular flexibility index (Phi) is 4.91. The van der Waals surface area contributed by atoms with Crippen LogP contribution in [0, 0.1) is 6.92 Å². The fourth-order valence-corrected chi connectivity index (χ4v) is 3.60. The highest BCUT2D eigenvalue weighted by Gasteiger charge is 2.13. The molecule has 0 amide bonds. The molecule has 0 bridgehead atoms. The van der Waals surface area contributed by atoms with Crippen LogP contribution >= 0.6 is 22.7 Å². The largest absolute Gasteiger partial charge is 0.477 e. The average molecular weight is 310 g/mol. The Morgan fingerprint density at radius 2 is 2.20 bits per heavy atom. The number of thiophene rings is 1. The van der Waals surface area contributed by atoms with Crippen molar-refractivity contribution in [2.45, 2.75) is 33.4 Å². The van der Waals surface area contributed by atoms with E-state index in [1.807, 2.05) is 14.0 Å². The maximum atomic E-state index is 11.0. The van der Waals surface area contributed by atoms with E-state index in [2.05, 4.69) is 22.2 Å². The number of aromatic nitrogens is 1. The third-order valence-electron chi connectivity index (χ3n) is 3.01. The second-order valence-electron chi connectivity index (χ2n) is 4.76. The molecule has 6 heteroatoms. The van der Waals surface area contributed by atoms with Crippen LogP contribution in [-0.2, 0) is 19.5 Å². The Balaban J connectivity index is 2.00. The number of aryl methyl sites for hydroxylation is 2. The van der Waals surface area contributed by atoms with E-state index >= 15 is 0 Å². The fraction of sp³-hybridized carbons (Fsp3) is 0.429. The summed E-state index contributed by atoms with van der Waals surface area (Å²) in [7, 11) is 2.03. The van der Waals surface area contributed by atoms with Crippen LogP contribution in [-0.4, -0.2) is 28.0 Å². The predicted octanol–water partition coefficient (Wildman–Crippen LogP) is 3.41.